The number of aliphatic hydroxyl groups excluding tert-OH is 5. The lowest BCUT2D eigenvalue weighted by molar-refractivity contribution is -0.294. The van der Waals surface area contributed by atoms with Gasteiger partial charge in [0, 0.05) is 41.3 Å². The molecule has 1 aliphatic rings. The van der Waals surface area contributed by atoms with Gasteiger partial charge in [-0.2, -0.15) is 12.6 Å². The smallest absolute Gasteiger partial charge is 0.232 e. The Morgan fingerprint density at radius 2 is 0.933 bits per heavy atom. The Labute approximate surface area is 356 Å². The number of rotatable bonds is 8. The zero-order valence-electron chi connectivity index (χ0n) is 30.8. The van der Waals surface area contributed by atoms with Gasteiger partial charge in [-0.25, -0.2) is 0 Å². The lowest BCUT2D eigenvalue weighted by atomic mass is 10.00. The second-order valence-electron chi connectivity index (χ2n) is 9.93. The van der Waals surface area contributed by atoms with Crippen molar-refractivity contribution >= 4 is 18.5 Å². The fourth-order valence-corrected chi connectivity index (χ4v) is 3.72. The number of hydrogen-bond acceptors (Lipinski definition) is 9. The average molecular weight is 798 g/mol. The first-order chi connectivity index (χ1) is 29.3. The Kier molecular flexibility index (Phi) is 27.5. The van der Waals surface area contributed by atoms with Crippen LogP contribution in [0.15, 0.2) is 0 Å². The van der Waals surface area contributed by atoms with E-state index in [1.807, 2.05) is 0 Å². The van der Waals surface area contributed by atoms with Gasteiger partial charge in [0.05, 0.1) is 25.2 Å². The highest BCUT2D eigenvalue weighted by Gasteiger charge is 2.44. The molecule has 9 nitrogen and oxygen atoms in total. The third kappa shape index (κ3) is 23.9. The summed E-state index contributed by atoms with van der Waals surface area (Å²) in [7, 11) is 0. The second-order valence-corrected chi connectivity index (χ2v) is 10.3. The van der Waals surface area contributed by atoms with Gasteiger partial charge in [-0.1, -0.05) is 11.8 Å². The Hall–Kier alpha value is -8.82. The van der Waals surface area contributed by atoms with Crippen molar-refractivity contribution in [3.05, 3.63) is 0 Å². The normalized spacial score (nSPS) is 16.1. The van der Waals surface area contributed by atoms with Crippen molar-refractivity contribution in [1.29, 1.82) is 0 Å². The maximum atomic E-state index is 12.7. The summed E-state index contributed by atoms with van der Waals surface area (Å²) in [6, 6.07) is -1.36. The van der Waals surface area contributed by atoms with E-state index in [1.54, 1.807) is 0 Å². The summed E-state index contributed by atoms with van der Waals surface area (Å²) in [6.07, 6.45) is -1.33. The molecule has 1 aliphatic heterocycles. The van der Waals surface area contributed by atoms with E-state index in [0.29, 0.717) is 0 Å². The van der Waals surface area contributed by atoms with E-state index in [-0.39, 0.29) is 5.75 Å². The van der Waals surface area contributed by atoms with Crippen molar-refractivity contribution < 1.29 is 39.8 Å². The Bertz CT molecular complexity index is 2860. The minimum absolute atomic E-state index is 0.0295. The summed E-state index contributed by atoms with van der Waals surface area (Å²) in [5.74, 6) is 85.6. The van der Waals surface area contributed by atoms with Crippen LogP contribution in [0.3, 0.4) is 0 Å². The van der Waals surface area contributed by atoms with Crippen molar-refractivity contribution in [3.63, 3.8) is 0 Å². The molecule has 0 bridgehead atoms. The molecule has 1 saturated heterocycles. The maximum absolute atomic E-state index is 12.7. The van der Waals surface area contributed by atoms with Gasteiger partial charge < -0.3 is 40.3 Å². The number of hydrogen-bond donors (Lipinski definition) is 7. The zero-order chi connectivity index (χ0) is 43.9. The Morgan fingerprint density at radius 1 is 0.567 bits per heavy atom. The quantitative estimate of drug-likeness (QED) is 0.0998. The minimum Gasteiger partial charge on any atom is -0.388 e. The van der Waals surface area contributed by atoms with Crippen LogP contribution in [0.5, 0.6) is 0 Å². The number of thiol groups is 1. The molecule has 0 aliphatic carbocycles. The molecule has 1 amide bonds. The summed E-state index contributed by atoms with van der Waals surface area (Å²) in [6.45, 7) is -0.563. The predicted octanol–water partition coefficient (Wildman–Crippen LogP) is -3.34. The number of nitrogens with one attached hydrogen (secondary N) is 1. The molecular formula is C50H23NO8S. The molecular weight excluding hydrogens is 775 g/mol. The standard InChI is InChI=1S/C50H23NO8S/c1-3-5-7-9-11-13-15-17-18-19-20-21-22-23-24-25-26-27-29-31-33-35-37-39-45(53)51-42(40-58-50-49(57)48(56)47(55)44(41-60)59-50)46(54)43(52)38-36-34-32-30-28-16-14-12-10-8-6-4-2/h1-2,42-44,46-50,52,54-57,60H,39-41H2,(H,51,53)/t42-,43+,44?,46-,47-,48-,49?,50-/m0/s1. The molecule has 0 spiro atoms. The highest BCUT2D eigenvalue weighted by Crippen LogP contribution is 2.23. The SMILES string of the molecule is C#CC#CC#CC#CC#CC#CC#CC#CC#CC#CC#CC#CCC(=O)N[C@@H](CO[C@H]1OC(CS)[C@H](O)[C@H](O)C1O)[C@H](O)[C@H](O)C#CC#CC#CC#CC#CC#CC#C. The molecule has 60 heavy (non-hydrogen) atoms. The van der Waals surface area contributed by atoms with Gasteiger partial charge in [0.2, 0.25) is 5.91 Å². The van der Waals surface area contributed by atoms with Gasteiger partial charge in [0.25, 0.3) is 0 Å². The van der Waals surface area contributed by atoms with Crippen molar-refractivity contribution in [2.45, 2.75) is 55.4 Å². The summed E-state index contributed by atoms with van der Waals surface area (Å²) in [5, 5.41) is 54.4. The molecule has 2 unspecified atom stereocenters. The van der Waals surface area contributed by atoms with E-state index in [2.05, 4.69) is 231 Å². The van der Waals surface area contributed by atoms with Crippen LogP contribution in [-0.4, -0.2) is 92.8 Å². The summed E-state index contributed by atoms with van der Waals surface area (Å²) < 4.78 is 11.0. The zero-order valence-corrected chi connectivity index (χ0v) is 31.7. The second kappa shape index (κ2) is 33.5. The van der Waals surface area contributed by atoms with Crippen molar-refractivity contribution in [2.24, 2.45) is 0 Å². The van der Waals surface area contributed by atoms with Crippen LogP contribution < -0.4 is 5.32 Å². The number of amides is 1. The van der Waals surface area contributed by atoms with E-state index in [9.17, 15) is 30.3 Å². The van der Waals surface area contributed by atoms with Crippen LogP contribution in [-0.2, 0) is 14.3 Å². The molecule has 0 saturated carbocycles. The minimum atomic E-state index is -1.77. The largest absolute Gasteiger partial charge is 0.388 e. The summed E-state index contributed by atoms with van der Waals surface area (Å²) >= 11 is 4.06. The third-order valence-corrected chi connectivity index (χ3v) is 6.31. The first-order valence-electron chi connectivity index (χ1n) is 16.2. The van der Waals surface area contributed by atoms with Crippen LogP contribution in [0.1, 0.15) is 6.42 Å². The molecule has 8 atom stereocenters. The summed E-state index contributed by atoms with van der Waals surface area (Å²) in [4.78, 5) is 12.7. The monoisotopic (exact) mass is 797 g/mol. The van der Waals surface area contributed by atoms with Crippen LogP contribution in [0, 0.1) is 226 Å². The molecule has 1 rings (SSSR count). The van der Waals surface area contributed by atoms with E-state index in [1.165, 1.54) is 0 Å². The molecule has 1 fully saturated rings. The lowest BCUT2D eigenvalue weighted by Gasteiger charge is -2.40. The number of carbonyl (C=O) groups is 1. The van der Waals surface area contributed by atoms with Gasteiger partial charge in [-0.3, -0.25) is 4.79 Å². The molecule has 0 aromatic rings. The Morgan fingerprint density at radius 3 is 1.32 bits per heavy atom. The molecule has 1 heterocycles. The van der Waals surface area contributed by atoms with Gasteiger partial charge >= 0.3 is 0 Å². The van der Waals surface area contributed by atoms with Crippen LogP contribution in [0.25, 0.3) is 0 Å². The van der Waals surface area contributed by atoms with Gasteiger partial charge in [-0.05, 0) is 166 Å². The van der Waals surface area contributed by atoms with Crippen LogP contribution >= 0.6 is 12.6 Å². The lowest BCUT2D eigenvalue weighted by Crippen LogP contribution is -2.60. The number of ether oxygens (including phenoxy) is 2. The van der Waals surface area contributed by atoms with Crippen LogP contribution in [0.2, 0.25) is 0 Å². The fourth-order valence-electron chi connectivity index (χ4n) is 3.42. The van der Waals surface area contributed by atoms with Crippen LogP contribution in [0.4, 0.5) is 0 Å². The van der Waals surface area contributed by atoms with Crippen molar-refractivity contribution in [1.82, 2.24) is 5.32 Å². The van der Waals surface area contributed by atoms with Crippen molar-refractivity contribution in [3.8, 4) is 226 Å². The Balaban J connectivity index is 2.90. The predicted molar refractivity (Wildman–Crippen MR) is 225 cm³/mol. The van der Waals surface area contributed by atoms with Crippen molar-refractivity contribution in [2.75, 3.05) is 12.4 Å². The fraction of sp³-hybridized carbons (Fsp3) is 0.220. The number of aliphatic hydroxyl groups is 5. The number of carbonyl (C=O) groups excluding carboxylic acids is 1. The highest BCUT2D eigenvalue weighted by molar-refractivity contribution is 7.80. The molecule has 0 aromatic carbocycles. The van der Waals surface area contributed by atoms with Gasteiger partial charge in [-0.15, -0.1) is 12.8 Å². The highest BCUT2D eigenvalue weighted by atomic mass is 32.1. The van der Waals surface area contributed by atoms with E-state index in [0.717, 1.165) is 0 Å². The first-order valence-corrected chi connectivity index (χ1v) is 16.9. The van der Waals surface area contributed by atoms with Gasteiger partial charge in [0.15, 0.2) is 6.29 Å². The number of terminal acetylenes is 2. The maximum Gasteiger partial charge on any atom is 0.232 e. The van der Waals surface area contributed by atoms with E-state index < -0.39 is 67.9 Å². The molecule has 0 radical (unpaired) electrons. The topological polar surface area (TPSA) is 149 Å². The molecule has 6 N–H and O–H groups in total. The molecule has 10 heteroatoms. The third-order valence-electron chi connectivity index (χ3n) is 5.95. The van der Waals surface area contributed by atoms with E-state index in [4.69, 9.17) is 22.3 Å². The molecule has 282 valence electrons. The average Bonchev–Trinajstić information content (AvgIpc) is 3.25. The summed E-state index contributed by atoms with van der Waals surface area (Å²) in [5.41, 5.74) is 0. The first kappa shape index (κ1) is 49.2. The molecule has 0 aromatic heterocycles. The van der Waals surface area contributed by atoms with Gasteiger partial charge in [0.1, 0.15) is 30.5 Å². The van der Waals surface area contributed by atoms with E-state index >= 15 is 0 Å².